The fourth-order valence-corrected chi connectivity index (χ4v) is 1.82. The highest BCUT2D eigenvalue weighted by Gasteiger charge is 2.27. The zero-order chi connectivity index (χ0) is 16.6. The van der Waals surface area contributed by atoms with E-state index in [-0.39, 0.29) is 31.1 Å². The molecule has 0 fully saturated rings. The largest absolute Gasteiger partial charge is 0.481 e. The fraction of sp³-hybridized carbons (Fsp3) is 0.786. The van der Waals surface area contributed by atoms with Gasteiger partial charge in [0.2, 0.25) is 0 Å². The van der Waals surface area contributed by atoms with Crippen molar-refractivity contribution in [3.8, 4) is 0 Å². The van der Waals surface area contributed by atoms with Crippen LogP contribution in [-0.2, 0) is 14.3 Å². The summed E-state index contributed by atoms with van der Waals surface area (Å²) in [6.45, 7) is 7.57. The van der Waals surface area contributed by atoms with Gasteiger partial charge in [0.1, 0.15) is 6.54 Å². The molecule has 0 rings (SSSR count). The predicted molar refractivity (Wildman–Crippen MR) is 78.0 cm³/mol. The molecular formula is C14H26N2O5. The average Bonchev–Trinajstić information content (AvgIpc) is 2.38. The molecule has 0 atom stereocenters. The maximum atomic E-state index is 12.6. The van der Waals surface area contributed by atoms with Crippen molar-refractivity contribution in [3.05, 3.63) is 0 Å². The van der Waals surface area contributed by atoms with E-state index in [0.29, 0.717) is 13.0 Å². The number of carbonyl (C=O) groups is 3. The quantitative estimate of drug-likeness (QED) is 0.688. The summed E-state index contributed by atoms with van der Waals surface area (Å²) in [6.07, 6.45) is 0.387. The van der Waals surface area contributed by atoms with Crippen molar-refractivity contribution in [3.63, 3.8) is 0 Å². The van der Waals surface area contributed by atoms with Gasteiger partial charge in [-0.2, -0.15) is 0 Å². The first kappa shape index (κ1) is 19.2. The van der Waals surface area contributed by atoms with Crippen LogP contribution in [0.25, 0.3) is 0 Å². The van der Waals surface area contributed by atoms with E-state index in [1.165, 1.54) is 12.0 Å². The van der Waals surface area contributed by atoms with E-state index >= 15 is 0 Å². The number of esters is 1. The van der Waals surface area contributed by atoms with E-state index in [4.69, 9.17) is 5.11 Å². The Morgan fingerprint density at radius 2 is 1.57 bits per heavy atom. The number of ether oxygens (including phenoxy) is 1. The van der Waals surface area contributed by atoms with Gasteiger partial charge in [-0.3, -0.25) is 9.59 Å². The third kappa shape index (κ3) is 6.97. The van der Waals surface area contributed by atoms with Crippen LogP contribution in [0.15, 0.2) is 0 Å². The van der Waals surface area contributed by atoms with E-state index in [2.05, 4.69) is 4.74 Å². The van der Waals surface area contributed by atoms with Crippen molar-refractivity contribution in [1.29, 1.82) is 0 Å². The van der Waals surface area contributed by atoms with E-state index in [1.54, 1.807) is 4.90 Å². The van der Waals surface area contributed by atoms with Gasteiger partial charge < -0.3 is 19.6 Å². The fourth-order valence-electron chi connectivity index (χ4n) is 1.82. The number of rotatable bonds is 8. The summed E-state index contributed by atoms with van der Waals surface area (Å²) in [5, 5.41) is 8.68. The zero-order valence-corrected chi connectivity index (χ0v) is 13.5. The second-order valence-corrected chi connectivity index (χ2v) is 5.36. The number of hydrogen-bond acceptors (Lipinski definition) is 4. The first-order valence-electron chi connectivity index (χ1n) is 7.06. The summed E-state index contributed by atoms with van der Waals surface area (Å²) in [4.78, 5) is 37.5. The van der Waals surface area contributed by atoms with Gasteiger partial charge >= 0.3 is 18.0 Å². The Hall–Kier alpha value is -1.79. The molecule has 0 saturated heterocycles. The van der Waals surface area contributed by atoms with Crippen LogP contribution in [0.4, 0.5) is 4.79 Å². The molecule has 0 aromatic rings. The smallest absolute Gasteiger partial charge is 0.325 e. The molecule has 2 amide bonds. The number of carboxylic acids is 1. The molecule has 0 saturated carbocycles. The van der Waals surface area contributed by atoms with Crippen molar-refractivity contribution in [2.75, 3.05) is 20.2 Å². The predicted octanol–water partition coefficient (Wildman–Crippen LogP) is 1.56. The Morgan fingerprint density at radius 3 is 1.95 bits per heavy atom. The van der Waals surface area contributed by atoms with Gasteiger partial charge in [-0.15, -0.1) is 0 Å². The van der Waals surface area contributed by atoms with Crippen molar-refractivity contribution in [1.82, 2.24) is 9.80 Å². The standard InChI is InChI=1S/C14H26N2O5/c1-10(2)15(8-6-7-12(17)18)14(20)16(11(3)4)9-13(19)21-5/h10-11H,6-9H2,1-5H3,(H,17,18). The number of hydrogen-bond donors (Lipinski definition) is 1. The Kier molecular flexibility index (Phi) is 8.42. The minimum atomic E-state index is -0.888. The lowest BCUT2D eigenvalue weighted by atomic mass is 10.2. The summed E-state index contributed by atoms with van der Waals surface area (Å²) in [7, 11) is 1.28. The number of carbonyl (C=O) groups excluding carboxylic acids is 2. The number of carboxylic acid groups (broad SMARTS) is 1. The average molecular weight is 302 g/mol. The van der Waals surface area contributed by atoms with Gasteiger partial charge in [0.05, 0.1) is 7.11 Å². The van der Waals surface area contributed by atoms with Crippen LogP contribution in [0.5, 0.6) is 0 Å². The number of methoxy groups -OCH3 is 1. The first-order chi connectivity index (χ1) is 9.70. The van der Waals surface area contributed by atoms with Crippen LogP contribution in [-0.4, -0.2) is 65.2 Å². The summed E-state index contributed by atoms with van der Waals surface area (Å²) in [5.41, 5.74) is 0. The molecule has 0 unspecified atom stereocenters. The van der Waals surface area contributed by atoms with Crippen LogP contribution in [0.1, 0.15) is 40.5 Å². The Morgan fingerprint density at radius 1 is 1.05 bits per heavy atom. The van der Waals surface area contributed by atoms with Crippen LogP contribution in [0.2, 0.25) is 0 Å². The monoisotopic (exact) mass is 302 g/mol. The normalized spacial score (nSPS) is 10.6. The second-order valence-electron chi connectivity index (χ2n) is 5.36. The molecule has 0 aromatic heterocycles. The molecule has 0 heterocycles. The maximum Gasteiger partial charge on any atom is 0.325 e. The molecule has 122 valence electrons. The summed E-state index contributed by atoms with van der Waals surface area (Å²) in [6, 6.07) is -0.515. The Balaban J connectivity index is 4.87. The second kappa shape index (κ2) is 9.20. The number of urea groups is 1. The molecule has 0 radical (unpaired) electrons. The topological polar surface area (TPSA) is 87.2 Å². The maximum absolute atomic E-state index is 12.6. The van der Waals surface area contributed by atoms with Crippen LogP contribution in [0.3, 0.4) is 0 Å². The van der Waals surface area contributed by atoms with Crippen LogP contribution >= 0.6 is 0 Å². The molecule has 0 aromatic carbocycles. The molecule has 0 aliphatic rings. The van der Waals surface area contributed by atoms with Crippen molar-refractivity contribution < 1.29 is 24.2 Å². The molecule has 21 heavy (non-hydrogen) atoms. The van der Waals surface area contributed by atoms with Gasteiger partial charge in [-0.25, -0.2) is 4.79 Å². The van der Waals surface area contributed by atoms with Crippen molar-refractivity contribution in [2.24, 2.45) is 0 Å². The van der Waals surface area contributed by atoms with Crippen LogP contribution in [0, 0.1) is 0 Å². The van der Waals surface area contributed by atoms with Gasteiger partial charge in [-0.1, -0.05) is 0 Å². The molecule has 0 bridgehead atoms. The Bertz CT molecular complexity index is 368. The molecule has 7 nitrogen and oxygen atoms in total. The van der Waals surface area contributed by atoms with E-state index < -0.39 is 11.9 Å². The third-order valence-electron chi connectivity index (χ3n) is 3.05. The van der Waals surface area contributed by atoms with E-state index in [1.807, 2.05) is 27.7 Å². The SMILES string of the molecule is COC(=O)CN(C(=O)N(CCCC(=O)O)C(C)C)C(C)C. The van der Waals surface area contributed by atoms with Crippen molar-refractivity contribution >= 4 is 18.0 Å². The summed E-state index contributed by atoms with van der Waals surface area (Å²) in [5.74, 6) is -1.37. The van der Waals surface area contributed by atoms with Gasteiger partial charge in [0.15, 0.2) is 0 Å². The number of amides is 2. The van der Waals surface area contributed by atoms with Gasteiger partial charge in [0, 0.05) is 25.0 Å². The Labute approximate surface area is 125 Å². The summed E-state index contributed by atoms with van der Waals surface area (Å²) >= 11 is 0. The zero-order valence-electron chi connectivity index (χ0n) is 13.5. The lowest BCUT2D eigenvalue weighted by molar-refractivity contribution is -0.141. The highest BCUT2D eigenvalue weighted by molar-refractivity contribution is 5.81. The minimum Gasteiger partial charge on any atom is -0.481 e. The minimum absolute atomic E-state index is 0.00911. The molecule has 0 spiro atoms. The highest BCUT2D eigenvalue weighted by atomic mass is 16.5. The number of nitrogens with zero attached hydrogens (tertiary/aromatic N) is 2. The van der Waals surface area contributed by atoms with Gasteiger partial charge in [-0.05, 0) is 34.1 Å². The van der Waals surface area contributed by atoms with Crippen molar-refractivity contribution in [2.45, 2.75) is 52.6 Å². The lowest BCUT2D eigenvalue weighted by Gasteiger charge is -2.34. The first-order valence-corrected chi connectivity index (χ1v) is 7.06. The van der Waals surface area contributed by atoms with E-state index in [0.717, 1.165) is 0 Å². The molecular weight excluding hydrogens is 276 g/mol. The lowest BCUT2D eigenvalue weighted by Crippen LogP contribution is -2.51. The molecule has 1 N–H and O–H groups in total. The molecule has 0 aliphatic heterocycles. The molecule has 0 aliphatic carbocycles. The van der Waals surface area contributed by atoms with E-state index in [9.17, 15) is 14.4 Å². The van der Waals surface area contributed by atoms with Crippen LogP contribution < -0.4 is 0 Å². The summed E-state index contributed by atoms with van der Waals surface area (Å²) < 4.78 is 4.60. The highest BCUT2D eigenvalue weighted by Crippen LogP contribution is 2.10. The number of aliphatic carboxylic acids is 1. The molecule has 7 heteroatoms. The van der Waals surface area contributed by atoms with Gasteiger partial charge in [0.25, 0.3) is 0 Å². The third-order valence-corrected chi connectivity index (χ3v) is 3.05.